The van der Waals surface area contributed by atoms with Crippen molar-refractivity contribution >= 4 is 11.0 Å². The lowest BCUT2D eigenvalue weighted by atomic mass is 10.2. The lowest BCUT2D eigenvalue weighted by Gasteiger charge is -2.03. The predicted octanol–water partition coefficient (Wildman–Crippen LogP) is 1.59. The maximum atomic E-state index is 12.0. The second kappa shape index (κ2) is 3.86. The summed E-state index contributed by atoms with van der Waals surface area (Å²) in [5.41, 5.74) is 1.49. The molecule has 0 aliphatic carbocycles. The Morgan fingerprint density at radius 3 is 2.89 bits per heavy atom. The summed E-state index contributed by atoms with van der Waals surface area (Å²) >= 11 is 0. The normalized spacial score (nSPS) is 10.4. The minimum atomic E-state index is -0.300. The quantitative estimate of drug-likeness (QED) is 0.697. The summed E-state index contributed by atoms with van der Waals surface area (Å²) in [6.45, 7) is 0. The molecule has 86 valence electrons. The molecule has 2 aromatic heterocycles. The minimum absolute atomic E-state index is 0.300. The number of fused-ring (bicyclic) bond motifs is 1. The number of aromatic nitrogens is 3. The van der Waals surface area contributed by atoms with Gasteiger partial charge in [-0.15, -0.1) is 0 Å². The van der Waals surface area contributed by atoms with E-state index in [1.54, 1.807) is 18.3 Å². The Morgan fingerprint density at radius 2 is 2.06 bits per heavy atom. The van der Waals surface area contributed by atoms with Crippen molar-refractivity contribution in [3.63, 3.8) is 0 Å². The number of rotatable bonds is 1. The SMILES string of the molecule is N#Cc1cccnc1-n1c(=O)[nH]c2ccccc21. The first-order valence-electron chi connectivity index (χ1n) is 5.36. The molecular weight excluding hydrogens is 228 g/mol. The molecule has 0 spiro atoms. The van der Waals surface area contributed by atoms with E-state index in [0.717, 1.165) is 5.52 Å². The van der Waals surface area contributed by atoms with Crippen LogP contribution in [0.4, 0.5) is 0 Å². The van der Waals surface area contributed by atoms with Crippen molar-refractivity contribution in [3.8, 4) is 11.9 Å². The molecule has 0 bridgehead atoms. The number of pyridine rings is 1. The van der Waals surface area contributed by atoms with E-state index in [-0.39, 0.29) is 5.69 Å². The molecule has 0 unspecified atom stereocenters. The van der Waals surface area contributed by atoms with Crippen LogP contribution in [0, 0.1) is 11.3 Å². The molecule has 0 saturated heterocycles. The molecule has 1 aromatic carbocycles. The topological polar surface area (TPSA) is 74.5 Å². The summed E-state index contributed by atoms with van der Waals surface area (Å²) in [5, 5.41) is 9.06. The maximum Gasteiger partial charge on any atom is 0.332 e. The van der Waals surface area contributed by atoms with Gasteiger partial charge in [0.05, 0.1) is 16.6 Å². The third-order valence-electron chi connectivity index (χ3n) is 2.71. The standard InChI is InChI=1S/C13H8N4O/c14-8-9-4-3-7-15-12(9)17-11-6-2-1-5-10(11)16-13(17)18/h1-7H,(H,16,18). The lowest BCUT2D eigenvalue weighted by Crippen LogP contribution is -2.16. The van der Waals surface area contributed by atoms with Gasteiger partial charge in [0.2, 0.25) is 0 Å². The smallest absolute Gasteiger partial charge is 0.305 e. The molecule has 5 nitrogen and oxygen atoms in total. The van der Waals surface area contributed by atoms with E-state index < -0.39 is 0 Å². The van der Waals surface area contributed by atoms with E-state index >= 15 is 0 Å². The second-order valence-corrected chi connectivity index (χ2v) is 3.77. The number of imidazole rings is 1. The summed E-state index contributed by atoms with van der Waals surface area (Å²) < 4.78 is 1.41. The van der Waals surface area contributed by atoms with Crippen LogP contribution in [0.15, 0.2) is 47.4 Å². The van der Waals surface area contributed by atoms with Crippen LogP contribution >= 0.6 is 0 Å². The number of hydrogen-bond acceptors (Lipinski definition) is 3. The number of nitrogens with zero attached hydrogens (tertiary/aromatic N) is 3. The van der Waals surface area contributed by atoms with Crippen molar-refractivity contribution < 1.29 is 0 Å². The molecule has 0 atom stereocenters. The first-order valence-corrected chi connectivity index (χ1v) is 5.36. The number of aromatic amines is 1. The Kier molecular flexibility index (Phi) is 2.21. The van der Waals surface area contributed by atoms with Crippen molar-refractivity contribution in [2.75, 3.05) is 0 Å². The predicted molar refractivity (Wildman–Crippen MR) is 66.4 cm³/mol. The number of H-pyrrole nitrogens is 1. The van der Waals surface area contributed by atoms with Crippen LogP contribution < -0.4 is 5.69 Å². The molecule has 0 aliphatic heterocycles. The summed E-state index contributed by atoms with van der Waals surface area (Å²) in [6, 6.07) is 12.6. The van der Waals surface area contributed by atoms with E-state index in [9.17, 15) is 4.79 Å². The molecule has 0 saturated carbocycles. The zero-order valence-electron chi connectivity index (χ0n) is 9.29. The highest BCUT2D eigenvalue weighted by atomic mass is 16.1. The highest BCUT2D eigenvalue weighted by molar-refractivity contribution is 5.77. The number of hydrogen-bond donors (Lipinski definition) is 1. The number of benzene rings is 1. The molecule has 3 aromatic rings. The summed E-state index contributed by atoms with van der Waals surface area (Å²) in [5.74, 6) is 0.349. The van der Waals surface area contributed by atoms with Gasteiger partial charge in [0.1, 0.15) is 6.07 Å². The number of para-hydroxylation sites is 2. The molecule has 1 N–H and O–H groups in total. The molecule has 0 radical (unpaired) electrons. The van der Waals surface area contributed by atoms with E-state index in [1.165, 1.54) is 4.57 Å². The van der Waals surface area contributed by atoms with Gasteiger partial charge in [-0.3, -0.25) is 0 Å². The zero-order valence-corrected chi connectivity index (χ0v) is 9.29. The fourth-order valence-corrected chi connectivity index (χ4v) is 1.93. The monoisotopic (exact) mass is 236 g/mol. The summed E-state index contributed by atoms with van der Waals surface area (Å²) in [4.78, 5) is 18.8. The Morgan fingerprint density at radius 1 is 1.22 bits per heavy atom. The van der Waals surface area contributed by atoms with Crippen molar-refractivity contribution in [1.29, 1.82) is 5.26 Å². The average Bonchev–Trinajstić information content (AvgIpc) is 2.74. The largest absolute Gasteiger partial charge is 0.332 e. The van der Waals surface area contributed by atoms with Gasteiger partial charge in [0, 0.05) is 6.20 Å². The van der Waals surface area contributed by atoms with Crippen molar-refractivity contribution in [1.82, 2.24) is 14.5 Å². The van der Waals surface area contributed by atoms with Crippen LogP contribution in [0.3, 0.4) is 0 Å². The van der Waals surface area contributed by atoms with Crippen LogP contribution in [0.2, 0.25) is 0 Å². The van der Waals surface area contributed by atoms with E-state index in [1.807, 2.05) is 30.3 Å². The molecule has 5 heteroatoms. The van der Waals surface area contributed by atoms with E-state index in [0.29, 0.717) is 16.9 Å². The van der Waals surface area contributed by atoms with Crippen LogP contribution in [0.25, 0.3) is 16.9 Å². The zero-order chi connectivity index (χ0) is 12.5. The third-order valence-corrected chi connectivity index (χ3v) is 2.71. The maximum absolute atomic E-state index is 12.0. The molecule has 18 heavy (non-hydrogen) atoms. The molecule has 0 fully saturated rings. The van der Waals surface area contributed by atoms with Gasteiger partial charge in [0.25, 0.3) is 0 Å². The third kappa shape index (κ3) is 1.40. The van der Waals surface area contributed by atoms with Gasteiger partial charge in [0.15, 0.2) is 5.82 Å². The van der Waals surface area contributed by atoms with Gasteiger partial charge in [-0.1, -0.05) is 12.1 Å². The minimum Gasteiger partial charge on any atom is -0.305 e. The van der Waals surface area contributed by atoms with Gasteiger partial charge in [-0.25, -0.2) is 14.3 Å². The molecular formula is C13H8N4O. The van der Waals surface area contributed by atoms with Crippen molar-refractivity contribution in [2.45, 2.75) is 0 Å². The average molecular weight is 236 g/mol. The van der Waals surface area contributed by atoms with Gasteiger partial charge < -0.3 is 4.98 Å². The van der Waals surface area contributed by atoms with Crippen LogP contribution in [0.5, 0.6) is 0 Å². The number of nitriles is 1. The van der Waals surface area contributed by atoms with E-state index in [2.05, 4.69) is 9.97 Å². The molecule has 3 rings (SSSR count). The first kappa shape index (κ1) is 10.3. The summed E-state index contributed by atoms with van der Waals surface area (Å²) in [7, 11) is 0. The van der Waals surface area contributed by atoms with Crippen molar-refractivity contribution in [2.24, 2.45) is 0 Å². The van der Waals surface area contributed by atoms with Gasteiger partial charge in [-0.2, -0.15) is 5.26 Å². The number of nitrogens with one attached hydrogen (secondary N) is 1. The fraction of sp³-hybridized carbons (Fsp3) is 0. The molecule has 0 aliphatic rings. The molecule has 2 heterocycles. The lowest BCUT2D eigenvalue weighted by molar-refractivity contribution is 0.960. The Balaban J connectivity index is 2.43. The molecule has 0 amide bonds. The highest BCUT2D eigenvalue weighted by Gasteiger charge is 2.12. The van der Waals surface area contributed by atoms with Crippen LogP contribution in [-0.2, 0) is 0 Å². The fourth-order valence-electron chi connectivity index (χ4n) is 1.93. The van der Waals surface area contributed by atoms with Crippen LogP contribution in [-0.4, -0.2) is 14.5 Å². The Hall–Kier alpha value is -2.87. The van der Waals surface area contributed by atoms with E-state index in [4.69, 9.17) is 5.26 Å². The first-order chi connectivity index (χ1) is 8.81. The van der Waals surface area contributed by atoms with Gasteiger partial charge >= 0.3 is 5.69 Å². The second-order valence-electron chi connectivity index (χ2n) is 3.77. The highest BCUT2D eigenvalue weighted by Crippen LogP contribution is 2.15. The summed E-state index contributed by atoms with van der Waals surface area (Å²) in [6.07, 6.45) is 1.56. The Labute approximate surface area is 102 Å². The van der Waals surface area contributed by atoms with Gasteiger partial charge in [-0.05, 0) is 24.3 Å². The Bertz CT molecular complexity index is 823. The van der Waals surface area contributed by atoms with Crippen LogP contribution in [0.1, 0.15) is 5.56 Å². The van der Waals surface area contributed by atoms with Crippen molar-refractivity contribution in [3.05, 3.63) is 58.6 Å².